The summed E-state index contributed by atoms with van der Waals surface area (Å²) in [6, 6.07) is 1.45. The van der Waals surface area contributed by atoms with Crippen LogP contribution in [-0.4, -0.2) is 49.6 Å². The Morgan fingerprint density at radius 3 is 2.90 bits per heavy atom. The first-order valence-electron chi connectivity index (χ1n) is 5.90. The fraction of sp³-hybridized carbons (Fsp3) is 0.545. The van der Waals surface area contributed by atoms with Crippen molar-refractivity contribution in [3.8, 4) is 0 Å². The van der Waals surface area contributed by atoms with E-state index >= 15 is 0 Å². The Labute approximate surface area is 126 Å². The van der Waals surface area contributed by atoms with E-state index in [1.54, 1.807) is 6.92 Å². The summed E-state index contributed by atoms with van der Waals surface area (Å²) in [4.78, 5) is 11.3. The minimum Gasteiger partial charge on any atom is -0.480 e. The van der Waals surface area contributed by atoms with Crippen LogP contribution in [0.15, 0.2) is 11.0 Å². The normalized spacial score (nSPS) is 20.4. The summed E-state index contributed by atoms with van der Waals surface area (Å²) >= 11 is 7.06. The Bertz CT molecular complexity index is 612. The van der Waals surface area contributed by atoms with Crippen molar-refractivity contribution in [2.45, 2.75) is 24.3 Å². The summed E-state index contributed by atoms with van der Waals surface area (Å²) in [6.45, 7) is 1.78. The predicted molar refractivity (Wildman–Crippen MR) is 74.8 cm³/mol. The zero-order valence-electron chi connectivity index (χ0n) is 10.7. The molecule has 2 rings (SSSR count). The van der Waals surface area contributed by atoms with Crippen LogP contribution in [0.5, 0.6) is 0 Å². The molecule has 112 valence electrons. The van der Waals surface area contributed by atoms with Crippen LogP contribution in [0.4, 0.5) is 0 Å². The van der Waals surface area contributed by atoms with Gasteiger partial charge in [0, 0.05) is 18.0 Å². The number of nitrogens with zero attached hydrogens (tertiary/aromatic N) is 1. The molecular weight excluding hydrogens is 326 g/mol. The van der Waals surface area contributed by atoms with Crippen LogP contribution in [-0.2, 0) is 19.6 Å². The monoisotopic (exact) mass is 339 g/mol. The molecular formula is C11H14ClNO5S2. The van der Waals surface area contributed by atoms with Crippen molar-refractivity contribution in [1.29, 1.82) is 0 Å². The zero-order valence-corrected chi connectivity index (χ0v) is 13.1. The number of aryl methyl sites for hydroxylation is 1. The highest BCUT2D eigenvalue weighted by atomic mass is 35.5. The van der Waals surface area contributed by atoms with Crippen molar-refractivity contribution < 1.29 is 23.1 Å². The van der Waals surface area contributed by atoms with E-state index in [4.69, 9.17) is 21.4 Å². The smallest absolute Gasteiger partial charge is 0.329 e. The number of halogens is 1. The molecule has 1 atom stereocenters. The van der Waals surface area contributed by atoms with Gasteiger partial charge in [-0.25, -0.2) is 13.2 Å². The van der Waals surface area contributed by atoms with Gasteiger partial charge in [0.1, 0.15) is 6.61 Å². The van der Waals surface area contributed by atoms with Gasteiger partial charge in [-0.15, -0.1) is 11.3 Å². The topological polar surface area (TPSA) is 83.9 Å². The summed E-state index contributed by atoms with van der Waals surface area (Å²) in [5.41, 5.74) is 0. The average Bonchev–Trinajstić information content (AvgIpc) is 2.93. The van der Waals surface area contributed by atoms with Crippen LogP contribution in [0.25, 0.3) is 0 Å². The lowest BCUT2D eigenvalue weighted by molar-refractivity contribution is -0.144. The summed E-state index contributed by atoms with van der Waals surface area (Å²) in [5.74, 6) is -1.06. The van der Waals surface area contributed by atoms with Crippen molar-refractivity contribution in [2.24, 2.45) is 0 Å². The third-order valence-corrected chi connectivity index (χ3v) is 6.31. The number of carbonyl (C=O) groups is 1. The summed E-state index contributed by atoms with van der Waals surface area (Å²) < 4.78 is 31.8. The number of rotatable bonds is 5. The van der Waals surface area contributed by atoms with Gasteiger partial charge in [-0.05, 0) is 19.4 Å². The third-order valence-electron chi connectivity index (χ3n) is 3.01. The minimum absolute atomic E-state index is 0.169. The van der Waals surface area contributed by atoms with Crippen LogP contribution in [0, 0.1) is 6.92 Å². The standard InChI is InChI=1S/C11H14ClNO5S2/c1-7-9(4-10(12)19-7)20(16,17)13-3-2-8(5-13)18-6-11(14)15/h4,8H,2-3,5-6H2,1H3,(H,14,15)/t8-/m0/s1. The second-order valence-electron chi connectivity index (χ2n) is 4.45. The number of carboxylic acids is 1. The highest BCUT2D eigenvalue weighted by Crippen LogP contribution is 2.32. The molecule has 2 heterocycles. The van der Waals surface area contributed by atoms with Crippen LogP contribution in [0.3, 0.4) is 0 Å². The quantitative estimate of drug-likeness (QED) is 0.880. The largest absolute Gasteiger partial charge is 0.480 e. The highest BCUT2D eigenvalue weighted by Gasteiger charge is 2.34. The molecule has 0 radical (unpaired) electrons. The molecule has 0 bridgehead atoms. The molecule has 20 heavy (non-hydrogen) atoms. The Morgan fingerprint density at radius 1 is 1.65 bits per heavy atom. The molecule has 0 aromatic carbocycles. The van der Waals surface area contributed by atoms with E-state index in [9.17, 15) is 13.2 Å². The predicted octanol–water partition coefficient (Wildman–Crippen LogP) is 1.57. The van der Waals surface area contributed by atoms with E-state index in [1.165, 1.54) is 21.7 Å². The number of aliphatic carboxylic acids is 1. The maximum Gasteiger partial charge on any atom is 0.329 e. The number of thiophene rings is 1. The van der Waals surface area contributed by atoms with Gasteiger partial charge in [0.15, 0.2) is 0 Å². The molecule has 6 nitrogen and oxygen atoms in total. The second-order valence-corrected chi connectivity index (χ2v) is 8.24. The Balaban J connectivity index is 2.09. The van der Waals surface area contributed by atoms with Gasteiger partial charge < -0.3 is 9.84 Å². The number of ether oxygens (including phenoxy) is 1. The van der Waals surface area contributed by atoms with Gasteiger partial charge in [-0.2, -0.15) is 4.31 Å². The summed E-state index contributed by atoms with van der Waals surface area (Å²) in [7, 11) is -3.59. The van der Waals surface area contributed by atoms with E-state index in [0.29, 0.717) is 22.2 Å². The molecule has 1 N–H and O–H groups in total. The fourth-order valence-corrected chi connectivity index (χ4v) is 5.35. The van der Waals surface area contributed by atoms with Crippen molar-refractivity contribution in [3.05, 3.63) is 15.3 Å². The van der Waals surface area contributed by atoms with Crippen LogP contribution in [0.1, 0.15) is 11.3 Å². The molecule has 1 saturated heterocycles. The zero-order chi connectivity index (χ0) is 14.9. The molecule has 1 aromatic rings. The van der Waals surface area contributed by atoms with Gasteiger partial charge in [0.25, 0.3) is 0 Å². The second kappa shape index (κ2) is 5.98. The maximum atomic E-state index is 12.5. The number of hydrogen-bond acceptors (Lipinski definition) is 5. The van der Waals surface area contributed by atoms with E-state index in [0.717, 1.165) is 0 Å². The van der Waals surface area contributed by atoms with Crippen molar-refractivity contribution >= 4 is 38.9 Å². The lowest BCUT2D eigenvalue weighted by Gasteiger charge is -2.16. The Kier molecular flexibility index (Phi) is 4.70. The van der Waals surface area contributed by atoms with Crippen molar-refractivity contribution in [1.82, 2.24) is 4.31 Å². The number of sulfonamides is 1. The number of carboxylic acid groups (broad SMARTS) is 1. The van der Waals surface area contributed by atoms with E-state index < -0.39 is 22.6 Å². The Hall–Kier alpha value is -0.670. The van der Waals surface area contributed by atoms with Crippen molar-refractivity contribution in [3.63, 3.8) is 0 Å². The van der Waals surface area contributed by atoms with Gasteiger partial charge in [0.2, 0.25) is 10.0 Å². The molecule has 0 saturated carbocycles. The van der Waals surface area contributed by atoms with E-state index in [1.807, 2.05) is 0 Å². The SMILES string of the molecule is Cc1sc(Cl)cc1S(=O)(=O)N1CC[C@H](OCC(=O)O)C1. The van der Waals surface area contributed by atoms with Gasteiger partial charge >= 0.3 is 5.97 Å². The van der Waals surface area contributed by atoms with Crippen LogP contribution in [0.2, 0.25) is 4.34 Å². The first kappa shape index (κ1) is 15.7. The Morgan fingerprint density at radius 2 is 2.35 bits per heavy atom. The van der Waals surface area contributed by atoms with E-state index in [-0.39, 0.29) is 17.5 Å². The third kappa shape index (κ3) is 3.32. The maximum absolute atomic E-state index is 12.5. The molecule has 1 aliphatic rings. The van der Waals surface area contributed by atoms with Gasteiger partial charge in [-0.1, -0.05) is 11.6 Å². The molecule has 9 heteroatoms. The molecule has 0 aliphatic carbocycles. The first-order chi connectivity index (χ1) is 9.30. The fourth-order valence-electron chi connectivity index (χ4n) is 2.07. The number of hydrogen-bond donors (Lipinski definition) is 1. The lowest BCUT2D eigenvalue weighted by atomic mass is 10.3. The molecule has 0 spiro atoms. The molecule has 0 unspecified atom stereocenters. The summed E-state index contributed by atoms with van der Waals surface area (Å²) in [6.07, 6.45) is 0.110. The lowest BCUT2D eigenvalue weighted by Crippen LogP contribution is -2.30. The van der Waals surface area contributed by atoms with Gasteiger partial charge in [0.05, 0.1) is 15.3 Å². The van der Waals surface area contributed by atoms with E-state index in [2.05, 4.69) is 0 Å². The molecule has 1 aromatic heterocycles. The van der Waals surface area contributed by atoms with Crippen LogP contribution < -0.4 is 0 Å². The molecule has 0 amide bonds. The van der Waals surface area contributed by atoms with Crippen molar-refractivity contribution in [2.75, 3.05) is 19.7 Å². The highest BCUT2D eigenvalue weighted by molar-refractivity contribution is 7.89. The first-order valence-corrected chi connectivity index (χ1v) is 8.53. The van der Waals surface area contributed by atoms with Crippen LogP contribution >= 0.6 is 22.9 Å². The summed E-state index contributed by atoms with van der Waals surface area (Å²) in [5, 5.41) is 8.55. The molecule has 1 aliphatic heterocycles. The average molecular weight is 340 g/mol. The minimum atomic E-state index is -3.59. The van der Waals surface area contributed by atoms with Gasteiger partial charge in [-0.3, -0.25) is 0 Å². The molecule has 1 fully saturated rings.